The highest BCUT2D eigenvalue weighted by molar-refractivity contribution is 7.19. The lowest BCUT2D eigenvalue weighted by Gasteiger charge is -2.26. The molecule has 116 valence electrons. The average molecular weight is 310 g/mol. The number of rotatable bonds is 3. The van der Waals surface area contributed by atoms with Crippen LogP contribution in [0.3, 0.4) is 0 Å². The molecule has 1 saturated heterocycles. The average Bonchev–Trinajstić information content (AvgIpc) is 2.75. The van der Waals surface area contributed by atoms with Crippen LogP contribution in [0.5, 0.6) is 0 Å². The van der Waals surface area contributed by atoms with Crippen LogP contribution in [0.15, 0.2) is 0 Å². The van der Waals surface area contributed by atoms with Crippen molar-refractivity contribution in [2.75, 3.05) is 30.8 Å². The van der Waals surface area contributed by atoms with Crippen molar-refractivity contribution in [1.29, 1.82) is 0 Å². The van der Waals surface area contributed by atoms with Gasteiger partial charge in [0.25, 0.3) is 11.8 Å². The molecule has 0 radical (unpaired) electrons. The standard InChI is InChI=1S/C14H22N4O2S/c1-17-13(20)11-10(15)9(12(16)19)14(21-11)18-7-5-3-2-4-6-8-18/h2-8,15H2,1H3,(H2,16,19)(H,17,20). The highest BCUT2D eigenvalue weighted by Gasteiger charge is 2.27. The summed E-state index contributed by atoms with van der Waals surface area (Å²) in [6.45, 7) is 1.74. The minimum atomic E-state index is -0.573. The van der Waals surface area contributed by atoms with Crippen molar-refractivity contribution in [3.8, 4) is 0 Å². The summed E-state index contributed by atoms with van der Waals surface area (Å²) in [6, 6.07) is 0. The van der Waals surface area contributed by atoms with E-state index in [0.717, 1.165) is 30.9 Å². The van der Waals surface area contributed by atoms with Crippen molar-refractivity contribution in [3.63, 3.8) is 0 Å². The predicted molar refractivity (Wildman–Crippen MR) is 85.9 cm³/mol. The van der Waals surface area contributed by atoms with Crippen LogP contribution in [-0.4, -0.2) is 32.0 Å². The molecular weight excluding hydrogens is 288 g/mol. The Kier molecular flexibility index (Phi) is 5.06. The maximum absolute atomic E-state index is 11.9. The summed E-state index contributed by atoms with van der Waals surface area (Å²) in [5.41, 5.74) is 11.9. The number of nitrogens with zero attached hydrogens (tertiary/aromatic N) is 1. The fraction of sp³-hybridized carbons (Fsp3) is 0.571. The molecule has 2 rings (SSSR count). The molecule has 0 unspecified atom stereocenters. The Balaban J connectivity index is 2.40. The molecule has 0 saturated carbocycles. The Bertz CT molecular complexity index is 533. The van der Waals surface area contributed by atoms with Gasteiger partial charge in [-0.2, -0.15) is 0 Å². The van der Waals surface area contributed by atoms with Gasteiger partial charge in [0.2, 0.25) is 0 Å². The lowest BCUT2D eigenvalue weighted by Crippen LogP contribution is -2.28. The van der Waals surface area contributed by atoms with Gasteiger partial charge >= 0.3 is 0 Å². The normalized spacial score (nSPS) is 16.1. The molecule has 1 aliphatic rings. The monoisotopic (exact) mass is 310 g/mol. The quantitative estimate of drug-likeness (QED) is 0.788. The number of hydrogen-bond donors (Lipinski definition) is 3. The zero-order valence-electron chi connectivity index (χ0n) is 12.3. The summed E-state index contributed by atoms with van der Waals surface area (Å²) in [5.74, 6) is -0.853. The van der Waals surface area contributed by atoms with Crippen LogP contribution in [0.2, 0.25) is 0 Å². The second kappa shape index (κ2) is 6.80. The largest absolute Gasteiger partial charge is 0.397 e. The number of carbonyl (C=O) groups excluding carboxylic acids is 2. The molecule has 0 aromatic carbocycles. The van der Waals surface area contributed by atoms with Crippen LogP contribution < -0.4 is 21.7 Å². The molecule has 0 bridgehead atoms. The van der Waals surface area contributed by atoms with E-state index >= 15 is 0 Å². The summed E-state index contributed by atoms with van der Waals surface area (Å²) in [7, 11) is 1.54. The first-order valence-electron chi connectivity index (χ1n) is 7.25. The first-order valence-corrected chi connectivity index (χ1v) is 8.07. The van der Waals surface area contributed by atoms with Gasteiger partial charge in [0.15, 0.2) is 0 Å². The van der Waals surface area contributed by atoms with Crippen LogP contribution in [0.25, 0.3) is 0 Å². The SMILES string of the molecule is CNC(=O)c1sc(N2CCCCCCC2)c(C(N)=O)c1N. The minimum Gasteiger partial charge on any atom is -0.397 e. The van der Waals surface area contributed by atoms with Gasteiger partial charge in [-0.15, -0.1) is 11.3 Å². The molecular formula is C14H22N4O2S. The highest BCUT2D eigenvalue weighted by Crippen LogP contribution is 2.38. The number of amides is 2. The number of nitrogen functional groups attached to an aromatic ring is 1. The van der Waals surface area contributed by atoms with Crippen LogP contribution in [-0.2, 0) is 0 Å². The van der Waals surface area contributed by atoms with Crippen molar-refractivity contribution in [1.82, 2.24) is 5.32 Å². The third-order valence-electron chi connectivity index (χ3n) is 3.75. The summed E-state index contributed by atoms with van der Waals surface area (Å²) in [5, 5.41) is 3.28. The van der Waals surface area contributed by atoms with E-state index in [1.54, 1.807) is 7.05 Å². The Morgan fingerprint density at radius 1 is 1.14 bits per heavy atom. The van der Waals surface area contributed by atoms with Gasteiger partial charge in [0.1, 0.15) is 9.88 Å². The van der Waals surface area contributed by atoms with Gasteiger partial charge in [-0.25, -0.2) is 0 Å². The summed E-state index contributed by atoms with van der Waals surface area (Å²) >= 11 is 1.26. The number of thiophene rings is 1. The van der Waals surface area contributed by atoms with Gasteiger partial charge in [0, 0.05) is 20.1 Å². The van der Waals surface area contributed by atoms with Gasteiger partial charge in [-0.1, -0.05) is 19.3 Å². The van der Waals surface area contributed by atoms with Gasteiger partial charge in [-0.05, 0) is 12.8 Å². The molecule has 1 aromatic rings. The molecule has 1 aliphatic heterocycles. The zero-order chi connectivity index (χ0) is 15.4. The predicted octanol–water partition coefficient (Wildman–Crippen LogP) is 1.56. The second-order valence-corrected chi connectivity index (χ2v) is 6.22. The Morgan fingerprint density at radius 2 is 1.71 bits per heavy atom. The minimum absolute atomic E-state index is 0.198. The van der Waals surface area contributed by atoms with E-state index in [4.69, 9.17) is 11.5 Å². The van der Waals surface area contributed by atoms with E-state index < -0.39 is 5.91 Å². The summed E-state index contributed by atoms with van der Waals surface area (Å²) in [4.78, 5) is 26.1. The van der Waals surface area contributed by atoms with Crippen molar-refractivity contribution in [3.05, 3.63) is 10.4 Å². The molecule has 0 aliphatic carbocycles. The fourth-order valence-corrected chi connectivity index (χ4v) is 3.85. The van der Waals surface area contributed by atoms with E-state index in [-0.39, 0.29) is 11.6 Å². The lowest BCUT2D eigenvalue weighted by molar-refractivity contribution is 0.0967. The number of nitrogens with one attached hydrogen (secondary N) is 1. The zero-order valence-corrected chi connectivity index (χ0v) is 13.1. The van der Waals surface area contributed by atoms with Gasteiger partial charge in [-0.3, -0.25) is 9.59 Å². The Labute approximate surface area is 128 Å². The topological polar surface area (TPSA) is 101 Å². The molecule has 1 fully saturated rings. The summed E-state index contributed by atoms with van der Waals surface area (Å²) < 4.78 is 0. The second-order valence-electron chi connectivity index (χ2n) is 5.22. The van der Waals surface area contributed by atoms with Crippen LogP contribution in [0, 0.1) is 0 Å². The highest BCUT2D eigenvalue weighted by atomic mass is 32.1. The molecule has 2 heterocycles. The molecule has 7 heteroatoms. The summed E-state index contributed by atoms with van der Waals surface area (Å²) in [6.07, 6.45) is 5.78. The van der Waals surface area contributed by atoms with E-state index in [0.29, 0.717) is 10.4 Å². The maximum atomic E-state index is 11.9. The number of carbonyl (C=O) groups is 2. The first-order chi connectivity index (χ1) is 10.1. The molecule has 21 heavy (non-hydrogen) atoms. The smallest absolute Gasteiger partial charge is 0.263 e. The van der Waals surface area contributed by atoms with E-state index in [1.165, 1.54) is 30.6 Å². The van der Waals surface area contributed by atoms with Crippen molar-refractivity contribution < 1.29 is 9.59 Å². The Hall–Kier alpha value is -1.76. The van der Waals surface area contributed by atoms with E-state index in [9.17, 15) is 9.59 Å². The molecule has 1 aromatic heterocycles. The molecule has 0 atom stereocenters. The van der Waals surface area contributed by atoms with Gasteiger partial charge in [0.05, 0.1) is 11.3 Å². The van der Waals surface area contributed by atoms with Crippen LogP contribution >= 0.6 is 11.3 Å². The van der Waals surface area contributed by atoms with Crippen LogP contribution in [0.1, 0.15) is 52.1 Å². The third kappa shape index (κ3) is 3.29. The van der Waals surface area contributed by atoms with Crippen molar-refractivity contribution in [2.24, 2.45) is 5.73 Å². The number of hydrogen-bond acceptors (Lipinski definition) is 5. The number of nitrogens with two attached hydrogens (primary N) is 2. The fourth-order valence-electron chi connectivity index (χ4n) is 2.62. The van der Waals surface area contributed by atoms with Crippen molar-refractivity contribution >= 4 is 33.8 Å². The molecule has 5 N–H and O–H groups in total. The van der Waals surface area contributed by atoms with Gasteiger partial charge < -0.3 is 21.7 Å². The van der Waals surface area contributed by atoms with Crippen molar-refractivity contribution in [2.45, 2.75) is 32.1 Å². The molecule has 6 nitrogen and oxygen atoms in total. The third-order valence-corrected chi connectivity index (χ3v) is 5.01. The van der Waals surface area contributed by atoms with Crippen LogP contribution in [0.4, 0.5) is 10.7 Å². The van der Waals surface area contributed by atoms with E-state index in [1.807, 2.05) is 0 Å². The maximum Gasteiger partial charge on any atom is 0.263 e. The lowest BCUT2D eigenvalue weighted by atomic mass is 10.1. The molecule has 0 spiro atoms. The Morgan fingerprint density at radius 3 is 2.24 bits per heavy atom. The number of anilines is 2. The van der Waals surface area contributed by atoms with E-state index in [2.05, 4.69) is 10.2 Å². The molecule has 2 amide bonds. The number of primary amides is 1. The first kappa shape index (κ1) is 15.6.